The highest BCUT2D eigenvalue weighted by atomic mass is 35.5. The molecule has 0 amide bonds. The Labute approximate surface area is 143 Å². The van der Waals surface area contributed by atoms with Crippen LogP contribution in [0.15, 0.2) is 36.4 Å². The quantitative estimate of drug-likeness (QED) is 0.699. The Morgan fingerprint density at radius 3 is 2.05 bits per heavy atom. The van der Waals surface area contributed by atoms with Gasteiger partial charge in [-0.05, 0) is 30.7 Å². The van der Waals surface area contributed by atoms with Crippen LogP contribution in [-0.4, -0.2) is 6.04 Å². The lowest BCUT2D eigenvalue weighted by atomic mass is 10.0. The summed E-state index contributed by atoms with van der Waals surface area (Å²) in [5.74, 6) is 0.434. The normalized spacial score (nSPS) is 13.8. The van der Waals surface area contributed by atoms with Gasteiger partial charge in [-0.2, -0.15) is 0 Å². The van der Waals surface area contributed by atoms with E-state index in [1.165, 1.54) is 0 Å². The molecular weight excluding hydrogens is 352 g/mol. The maximum atomic E-state index is 6.13. The zero-order valence-corrected chi connectivity index (χ0v) is 14.1. The van der Waals surface area contributed by atoms with Crippen molar-refractivity contribution >= 4 is 46.4 Å². The topological polar surface area (TPSA) is 35.2 Å². The Hall–Kier alpha value is -0.640. The van der Waals surface area contributed by atoms with E-state index >= 15 is 0 Å². The number of benzene rings is 2. The number of ether oxygens (including phenoxy) is 1. The molecule has 0 heterocycles. The summed E-state index contributed by atoms with van der Waals surface area (Å²) in [4.78, 5) is 0. The van der Waals surface area contributed by atoms with Crippen LogP contribution in [0.1, 0.15) is 18.6 Å². The highest BCUT2D eigenvalue weighted by molar-refractivity contribution is 6.43. The average molecular weight is 365 g/mol. The van der Waals surface area contributed by atoms with Crippen molar-refractivity contribution in [2.24, 2.45) is 5.73 Å². The van der Waals surface area contributed by atoms with Crippen molar-refractivity contribution in [1.29, 1.82) is 0 Å². The molecule has 0 aromatic heterocycles. The molecule has 0 aliphatic heterocycles. The Bertz CT molecular complexity index is 628. The molecule has 2 aromatic carbocycles. The van der Waals surface area contributed by atoms with Gasteiger partial charge in [0, 0.05) is 17.1 Å². The number of nitrogens with two attached hydrogens (primary N) is 1. The van der Waals surface area contributed by atoms with Crippen LogP contribution in [0.25, 0.3) is 0 Å². The van der Waals surface area contributed by atoms with Crippen LogP contribution in [-0.2, 0) is 0 Å². The van der Waals surface area contributed by atoms with Crippen molar-refractivity contribution in [3.63, 3.8) is 0 Å². The molecule has 2 atom stereocenters. The highest BCUT2D eigenvalue weighted by Gasteiger charge is 2.20. The van der Waals surface area contributed by atoms with Gasteiger partial charge in [-0.1, -0.05) is 58.5 Å². The van der Waals surface area contributed by atoms with Crippen LogP contribution in [0, 0.1) is 0 Å². The molecule has 21 heavy (non-hydrogen) atoms. The fourth-order valence-electron chi connectivity index (χ4n) is 1.86. The zero-order valence-electron chi connectivity index (χ0n) is 11.1. The molecule has 0 radical (unpaired) electrons. The van der Waals surface area contributed by atoms with E-state index in [0.717, 1.165) is 5.56 Å². The number of hydrogen-bond acceptors (Lipinski definition) is 2. The van der Waals surface area contributed by atoms with Gasteiger partial charge in [0.15, 0.2) is 0 Å². The SMILES string of the molecule is CC(N)C(Oc1cc(Cl)c(Cl)cc1Cl)c1ccc(Cl)cc1. The Morgan fingerprint density at radius 2 is 1.48 bits per heavy atom. The first-order chi connectivity index (χ1) is 9.88. The van der Waals surface area contributed by atoms with E-state index in [4.69, 9.17) is 56.9 Å². The summed E-state index contributed by atoms with van der Waals surface area (Å²) in [6.45, 7) is 1.85. The van der Waals surface area contributed by atoms with Gasteiger partial charge in [0.2, 0.25) is 0 Å². The van der Waals surface area contributed by atoms with Crippen LogP contribution in [0.3, 0.4) is 0 Å². The van der Waals surface area contributed by atoms with Gasteiger partial charge in [-0.15, -0.1) is 0 Å². The van der Waals surface area contributed by atoms with E-state index in [-0.39, 0.29) is 12.1 Å². The van der Waals surface area contributed by atoms with Gasteiger partial charge in [-0.25, -0.2) is 0 Å². The van der Waals surface area contributed by atoms with Gasteiger partial charge in [0.1, 0.15) is 11.9 Å². The molecule has 112 valence electrons. The van der Waals surface area contributed by atoms with Crippen LogP contribution < -0.4 is 10.5 Å². The summed E-state index contributed by atoms with van der Waals surface area (Å²) < 4.78 is 5.93. The summed E-state index contributed by atoms with van der Waals surface area (Å²) in [6, 6.07) is 10.2. The van der Waals surface area contributed by atoms with Crippen LogP contribution >= 0.6 is 46.4 Å². The Balaban J connectivity index is 2.33. The molecule has 2 unspecified atom stereocenters. The van der Waals surface area contributed by atoms with E-state index in [0.29, 0.717) is 25.8 Å². The lowest BCUT2D eigenvalue weighted by molar-refractivity contribution is 0.180. The predicted molar refractivity (Wildman–Crippen MR) is 89.9 cm³/mol. The van der Waals surface area contributed by atoms with Crippen molar-refractivity contribution in [2.45, 2.75) is 19.1 Å². The molecular formula is C15H13Cl4NO. The van der Waals surface area contributed by atoms with Crippen molar-refractivity contribution in [1.82, 2.24) is 0 Å². The minimum atomic E-state index is -0.378. The van der Waals surface area contributed by atoms with Crippen molar-refractivity contribution < 1.29 is 4.74 Å². The molecule has 0 aliphatic rings. The van der Waals surface area contributed by atoms with Gasteiger partial charge < -0.3 is 10.5 Å². The second-order valence-electron chi connectivity index (χ2n) is 4.65. The fourth-order valence-corrected chi connectivity index (χ4v) is 2.57. The molecule has 0 fully saturated rings. The van der Waals surface area contributed by atoms with Crippen molar-refractivity contribution in [2.75, 3.05) is 0 Å². The lowest BCUT2D eigenvalue weighted by Crippen LogP contribution is -2.29. The van der Waals surface area contributed by atoms with E-state index in [2.05, 4.69) is 0 Å². The summed E-state index contributed by atoms with van der Waals surface area (Å²) >= 11 is 23.9. The highest BCUT2D eigenvalue weighted by Crippen LogP contribution is 2.36. The lowest BCUT2D eigenvalue weighted by Gasteiger charge is -2.24. The summed E-state index contributed by atoms with van der Waals surface area (Å²) in [6.07, 6.45) is -0.378. The summed E-state index contributed by atoms with van der Waals surface area (Å²) in [5, 5.41) is 1.77. The first-order valence-corrected chi connectivity index (χ1v) is 7.72. The molecule has 2 aromatic rings. The first-order valence-electron chi connectivity index (χ1n) is 6.20. The van der Waals surface area contributed by atoms with Gasteiger partial charge in [0.25, 0.3) is 0 Å². The zero-order chi connectivity index (χ0) is 15.6. The molecule has 6 heteroatoms. The predicted octanol–water partition coefficient (Wildman–Crippen LogP) is 5.77. The van der Waals surface area contributed by atoms with Crippen molar-refractivity contribution in [3.8, 4) is 5.75 Å². The van der Waals surface area contributed by atoms with E-state index in [1.807, 2.05) is 19.1 Å². The third-order valence-electron chi connectivity index (χ3n) is 2.90. The third-order valence-corrected chi connectivity index (χ3v) is 4.17. The maximum Gasteiger partial charge on any atom is 0.140 e. The fraction of sp³-hybridized carbons (Fsp3) is 0.200. The Kier molecular flexibility index (Phi) is 5.64. The summed E-state index contributed by atoms with van der Waals surface area (Å²) in [5.41, 5.74) is 6.91. The van der Waals surface area contributed by atoms with E-state index in [9.17, 15) is 0 Å². The van der Waals surface area contributed by atoms with E-state index in [1.54, 1.807) is 24.3 Å². The summed E-state index contributed by atoms with van der Waals surface area (Å²) in [7, 11) is 0. The first kappa shape index (κ1) is 16.7. The number of hydrogen-bond donors (Lipinski definition) is 1. The third kappa shape index (κ3) is 4.18. The average Bonchev–Trinajstić information content (AvgIpc) is 2.42. The molecule has 2 rings (SSSR count). The van der Waals surface area contributed by atoms with Gasteiger partial charge in [0.05, 0.1) is 15.1 Å². The Morgan fingerprint density at radius 1 is 0.905 bits per heavy atom. The molecule has 2 N–H and O–H groups in total. The molecule has 0 saturated carbocycles. The monoisotopic (exact) mass is 363 g/mol. The van der Waals surface area contributed by atoms with Crippen LogP contribution in [0.4, 0.5) is 0 Å². The van der Waals surface area contributed by atoms with Gasteiger partial charge in [-0.3, -0.25) is 0 Å². The molecule has 0 saturated heterocycles. The molecule has 0 aliphatic carbocycles. The smallest absolute Gasteiger partial charge is 0.140 e. The van der Waals surface area contributed by atoms with Gasteiger partial charge >= 0.3 is 0 Å². The minimum absolute atomic E-state index is 0.253. The molecule has 0 bridgehead atoms. The minimum Gasteiger partial charge on any atom is -0.482 e. The van der Waals surface area contributed by atoms with E-state index < -0.39 is 0 Å². The second-order valence-corrected chi connectivity index (χ2v) is 6.30. The standard InChI is InChI=1S/C15H13Cl4NO/c1-8(20)15(9-2-4-10(16)5-3-9)21-14-7-12(18)11(17)6-13(14)19/h2-8,15H,20H2,1H3. The van der Waals surface area contributed by atoms with Crippen LogP contribution in [0.5, 0.6) is 5.75 Å². The molecule has 0 spiro atoms. The number of halogens is 4. The second kappa shape index (κ2) is 7.08. The largest absolute Gasteiger partial charge is 0.482 e. The maximum absolute atomic E-state index is 6.13. The van der Waals surface area contributed by atoms with Crippen molar-refractivity contribution in [3.05, 3.63) is 62.1 Å². The van der Waals surface area contributed by atoms with Crippen LogP contribution in [0.2, 0.25) is 20.1 Å². The molecule has 2 nitrogen and oxygen atoms in total. The number of rotatable bonds is 4.